The first kappa shape index (κ1) is 19.3. The van der Waals surface area contributed by atoms with Gasteiger partial charge in [0.15, 0.2) is 16.8 Å². The Balaban J connectivity index is 1.71. The highest BCUT2D eigenvalue weighted by molar-refractivity contribution is 7.99. The Morgan fingerprint density at radius 3 is 2.38 bits per heavy atom. The Kier molecular flexibility index (Phi) is 5.19. The third kappa shape index (κ3) is 4.07. The van der Waals surface area contributed by atoms with Crippen molar-refractivity contribution < 1.29 is 4.52 Å². The van der Waals surface area contributed by atoms with Crippen molar-refractivity contribution in [3.05, 3.63) is 66.6 Å². The minimum atomic E-state index is -0.162. The molecule has 3 aromatic heterocycles. The molecule has 7 nitrogen and oxygen atoms in total. The highest BCUT2D eigenvalue weighted by Gasteiger charge is 2.25. The topological polar surface area (TPSA) is 82.5 Å². The van der Waals surface area contributed by atoms with Gasteiger partial charge in [0.2, 0.25) is 5.89 Å². The average molecular weight is 407 g/mol. The molecule has 0 saturated carbocycles. The summed E-state index contributed by atoms with van der Waals surface area (Å²) in [5, 5.41) is 13.7. The number of hydrogen-bond donors (Lipinski definition) is 0. The lowest BCUT2D eigenvalue weighted by atomic mass is 9.96. The third-order valence-electron chi connectivity index (χ3n) is 4.33. The SMILES string of the molecule is C[C@@H](Sc1nnc(-c2ccncc2)n1-c1ccccc1)c1nc(C(C)(C)C)no1. The molecular formula is C21H22N6OS. The molecule has 0 spiro atoms. The van der Waals surface area contributed by atoms with Crippen LogP contribution in [0.3, 0.4) is 0 Å². The molecule has 0 amide bonds. The fourth-order valence-corrected chi connectivity index (χ4v) is 3.66. The lowest BCUT2D eigenvalue weighted by molar-refractivity contribution is 0.364. The molecule has 0 aliphatic rings. The van der Waals surface area contributed by atoms with Gasteiger partial charge in [0, 0.05) is 29.1 Å². The summed E-state index contributed by atoms with van der Waals surface area (Å²) in [6, 6.07) is 13.9. The zero-order chi connectivity index (χ0) is 20.4. The lowest BCUT2D eigenvalue weighted by Crippen LogP contribution is -2.13. The molecule has 0 N–H and O–H groups in total. The smallest absolute Gasteiger partial charge is 0.239 e. The number of hydrogen-bond acceptors (Lipinski definition) is 7. The van der Waals surface area contributed by atoms with Crippen LogP contribution in [-0.4, -0.2) is 29.9 Å². The summed E-state index contributed by atoms with van der Waals surface area (Å²) in [5.41, 5.74) is 1.77. The summed E-state index contributed by atoms with van der Waals surface area (Å²) in [7, 11) is 0. The van der Waals surface area contributed by atoms with E-state index in [1.807, 2.05) is 54.0 Å². The van der Waals surface area contributed by atoms with Gasteiger partial charge in [0.25, 0.3) is 0 Å². The minimum Gasteiger partial charge on any atom is -0.338 e. The molecular weight excluding hydrogens is 384 g/mol. The van der Waals surface area contributed by atoms with E-state index in [9.17, 15) is 0 Å². The highest BCUT2D eigenvalue weighted by atomic mass is 32.2. The van der Waals surface area contributed by atoms with E-state index < -0.39 is 0 Å². The van der Waals surface area contributed by atoms with Crippen LogP contribution in [0.15, 0.2) is 64.5 Å². The van der Waals surface area contributed by atoms with Crippen LogP contribution in [0.4, 0.5) is 0 Å². The number of aromatic nitrogens is 6. The van der Waals surface area contributed by atoms with E-state index >= 15 is 0 Å². The van der Waals surface area contributed by atoms with Crippen molar-refractivity contribution in [2.75, 3.05) is 0 Å². The minimum absolute atomic E-state index is 0.0736. The van der Waals surface area contributed by atoms with Crippen molar-refractivity contribution in [2.24, 2.45) is 0 Å². The molecule has 0 aliphatic carbocycles. The van der Waals surface area contributed by atoms with Crippen LogP contribution in [0.1, 0.15) is 44.7 Å². The van der Waals surface area contributed by atoms with Gasteiger partial charge in [0.1, 0.15) is 0 Å². The van der Waals surface area contributed by atoms with E-state index in [1.165, 1.54) is 11.8 Å². The van der Waals surface area contributed by atoms with Crippen molar-refractivity contribution in [3.8, 4) is 17.1 Å². The maximum absolute atomic E-state index is 5.51. The second kappa shape index (κ2) is 7.79. The molecule has 0 unspecified atom stereocenters. The van der Waals surface area contributed by atoms with Crippen molar-refractivity contribution >= 4 is 11.8 Å². The van der Waals surface area contributed by atoms with Crippen LogP contribution in [0.2, 0.25) is 0 Å². The maximum atomic E-state index is 5.51. The third-order valence-corrected chi connectivity index (χ3v) is 5.36. The van der Waals surface area contributed by atoms with Crippen molar-refractivity contribution in [3.63, 3.8) is 0 Å². The lowest BCUT2D eigenvalue weighted by Gasteiger charge is -2.12. The van der Waals surface area contributed by atoms with E-state index in [1.54, 1.807) is 12.4 Å². The van der Waals surface area contributed by atoms with Crippen molar-refractivity contribution in [2.45, 2.75) is 43.5 Å². The predicted octanol–water partition coefficient (Wildman–Crippen LogP) is 4.86. The standard InChI is InChI=1S/C21H22N6OS/c1-14(18-23-19(26-28-18)21(2,3)4)29-20-25-24-17(15-10-12-22-13-11-15)27(20)16-8-6-5-7-9-16/h5-14H,1-4H3/t14-/m1/s1. The Morgan fingerprint density at radius 1 is 1.00 bits per heavy atom. The molecule has 4 rings (SSSR count). The van der Waals surface area contributed by atoms with Crippen molar-refractivity contribution in [1.29, 1.82) is 0 Å². The fourth-order valence-electron chi connectivity index (χ4n) is 2.76. The van der Waals surface area contributed by atoms with Gasteiger partial charge in [-0.3, -0.25) is 9.55 Å². The van der Waals surface area contributed by atoms with E-state index in [4.69, 9.17) is 4.52 Å². The van der Waals surface area contributed by atoms with Crippen LogP contribution >= 0.6 is 11.8 Å². The summed E-state index contributed by atoms with van der Waals surface area (Å²) < 4.78 is 7.55. The molecule has 148 valence electrons. The average Bonchev–Trinajstić information content (AvgIpc) is 3.37. The summed E-state index contributed by atoms with van der Waals surface area (Å²) in [6.45, 7) is 8.21. The number of nitrogens with zero attached hydrogens (tertiary/aromatic N) is 6. The Hall–Kier alpha value is -3.00. The van der Waals surface area contributed by atoms with Crippen LogP contribution < -0.4 is 0 Å². The number of rotatable bonds is 5. The zero-order valence-corrected chi connectivity index (χ0v) is 17.6. The monoisotopic (exact) mass is 406 g/mol. The van der Waals surface area contributed by atoms with E-state index in [0.29, 0.717) is 11.7 Å². The van der Waals surface area contributed by atoms with Crippen LogP contribution in [0.25, 0.3) is 17.1 Å². The summed E-state index contributed by atoms with van der Waals surface area (Å²) in [5.74, 6) is 2.03. The van der Waals surface area contributed by atoms with Crippen LogP contribution in [0, 0.1) is 0 Å². The van der Waals surface area contributed by atoms with Crippen LogP contribution in [0.5, 0.6) is 0 Å². The number of pyridine rings is 1. The van der Waals surface area contributed by atoms with Gasteiger partial charge in [-0.2, -0.15) is 4.98 Å². The Bertz CT molecular complexity index is 1090. The van der Waals surface area contributed by atoms with Crippen LogP contribution in [-0.2, 0) is 5.41 Å². The number of para-hydroxylation sites is 1. The molecule has 0 saturated heterocycles. The second-order valence-electron chi connectivity index (χ2n) is 7.68. The first-order valence-electron chi connectivity index (χ1n) is 9.35. The van der Waals surface area contributed by atoms with Gasteiger partial charge in [-0.05, 0) is 31.2 Å². The second-order valence-corrected chi connectivity index (χ2v) is 8.99. The van der Waals surface area contributed by atoms with E-state index in [-0.39, 0.29) is 10.7 Å². The summed E-state index contributed by atoms with van der Waals surface area (Å²) >= 11 is 1.54. The molecule has 0 bridgehead atoms. The van der Waals surface area contributed by atoms with Gasteiger partial charge < -0.3 is 4.52 Å². The van der Waals surface area contributed by atoms with Gasteiger partial charge in [-0.25, -0.2) is 0 Å². The molecule has 4 aromatic rings. The summed E-state index contributed by atoms with van der Waals surface area (Å²) in [4.78, 5) is 8.68. The Morgan fingerprint density at radius 2 is 1.72 bits per heavy atom. The first-order valence-corrected chi connectivity index (χ1v) is 10.2. The van der Waals surface area contributed by atoms with Gasteiger partial charge in [0.05, 0.1) is 5.25 Å². The van der Waals surface area contributed by atoms with Gasteiger partial charge in [-0.1, -0.05) is 55.9 Å². The molecule has 1 aromatic carbocycles. The van der Waals surface area contributed by atoms with Gasteiger partial charge >= 0.3 is 0 Å². The summed E-state index contributed by atoms with van der Waals surface area (Å²) in [6.07, 6.45) is 3.50. The maximum Gasteiger partial charge on any atom is 0.239 e. The quantitative estimate of drug-likeness (QED) is 0.438. The molecule has 1 atom stereocenters. The molecule has 0 radical (unpaired) electrons. The normalized spacial score (nSPS) is 12.8. The molecule has 3 heterocycles. The van der Waals surface area contributed by atoms with E-state index in [0.717, 1.165) is 22.2 Å². The Labute approximate surface area is 173 Å². The molecule has 0 aliphatic heterocycles. The zero-order valence-electron chi connectivity index (χ0n) is 16.8. The van der Waals surface area contributed by atoms with Gasteiger partial charge in [-0.15, -0.1) is 10.2 Å². The van der Waals surface area contributed by atoms with E-state index in [2.05, 4.69) is 46.1 Å². The number of thioether (sulfide) groups is 1. The molecule has 8 heteroatoms. The molecule has 29 heavy (non-hydrogen) atoms. The molecule has 0 fully saturated rings. The highest BCUT2D eigenvalue weighted by Crippen LogP contribution is 2.36. The predicted molar refractivity (Wildman–Crippen MR) is 112 cm³/mol. The van der Waals surface area contributed by atoms with Crippen molar-refractivity contribution in [1.82, 2.24) is 29.9 Å². The number of benzene rings is 1. The largest absolute Gasteiger partial charge is 0.338 e. The first-order chi connectivity index (χ1) is 13.9. The fraction of sp³-hybridized carbons (Fsp3) is 0.286.